The van der Waals surface area contributed by atoms with Gasteiger partial charge in [-0.2, -0.15) is 0 Å². The molecule has 9 heteroatoms. The van der Waals surface area contributed by atoms with E-state index in [1.807, 2.05) is 12.1 Å². The molecule has 9 nitrogen and oxygen atoms in total. The topological polar surface area (TPSA) is 125 Å². The summed E-state index contributed by atoms with van der Waals surface area (Å²) in [5, 5.41) is 15.0. The van der Waals surface area contributed by atoms with E-state index in [2.05, 4.69) is 10.6 Å². The summed E-state index contributed by atoms with van der Waals surface area (Å²) in [7, 11) is 0. The number of imide groups is 1. The molecular formula is C25H23N3O6. The maximum atomic E-state index is 13.6. The van der Waals surface area contributed by atoms with Crippen molar-refractivity contribution in [3.05, 3.63) is 83.9 Å². The quantitative estimate of drug-likeness (QED) is 0.421. The molecule has 174 valence electrons. The minimum Gasteiger partial charge on any atom is -0.481 e. The maximum Gasteiger partial charge on any atom is 0.325 e. The molecular weight excluding hydrogens is 438 g/mol. The van der Waals surface area contributed by atoms with Crippen molar-refractivity contribution in [3.8, 4) is 0 Å². The van der Waals surface area contributed by atoms with Gasteiger partial charge in [0, 0.05) is 13.1 Å². The molecule has 2 aromatic rings. The Morgan fingerprint density at radius 3 is 2.06 bits per heavy atom. The number of carbonyl (C=O) groups is 4. The van der Waals surface area contributed by atoms with Crippen LogP contribution in [0, 0.1) is 11.8 Å². The second-order valence-corrected chi connectivity index (χ2v) is 8.50. The number of carboxylic acids is 1. The standard InChI is InChI=1S/C25H23N3O6/c29-21(19-17-11-12-18(34-17)20(19)22(30)31)26-13-14-28-23(32)25(27-24(28)33,15-7-3-1-4-8-15)16-9-5-2-6-10-16/h1-12,17-20H,13-14H2,(H,26,29)(H,27,33)(H,30,31)/t17-,18-,19?,20?/m1/s1. The smallest absolute Gasteiger partial charge is 0.325 e. The fourth-order valence-corrected chi connectivity index (χ4v) is 5.04. The zero-order valence-electron chi connectivity index (χ0n) is 18.1. The van der Waals surface area contributed by atoms with Crippen molar-refractivity contribution >= 4 is 23.8 Å². The zero-order chi connectivity index (χ0) is 23.9. The van der Waals surface area contributed by atoms with Gasteiger partial charge in [-0.15, -0.1) is 0 Å². The Kier molecular flexibility index (Phi) is 5.41. The van der Waals surface area contributed by atoms with Gasteiger partial charge in [-0.3, -0.25) is 19.3 Å². The summed E-state index contributed by atoms with van der Waals surface area (Å²) in [5.74, 6) is -3.84. The first-order chi connectivity index (χ1) is 16.4. The van der Waals surface area contributed by atoms with E-state index < -0.39 is 53.4 Å². The number of hydrogen-bond acceptors (Lipinski definition) is 5. The van der Waals surface area contributed by atoms with E-state index in [1.165, 1.54) is 0 Å². The van der Waals surface area contributed by atoms with Crippen LogP contribution in [-0.2, 0) is 24.7 Å². The molecule has 3 heterocycles. The Bertz CT molecular complexity index is 1130. The van der Waals surface area contributed by atoms with Gasteiger partial charge in [0.2, 0.25) is 5.91 Å². The number of aliphatic carboxylic acids is 1. The number of nitrogens with one attached hydrogen (secondary N) is 2. The third-order valence-corrected chi connectivity index (χ3v) is 6.64. The lowest BCUT2D eigenvalue weighted by Gasteiger charge is -2.28. The Balaban J connectivity index is 1.32. The first kappa shape index (κ1) is 21.8. The molecule has 0 aliphatic carbocycles. The van der Waals surface area contributed by atoms with E-state index in [9.17, 15) is 24.3 Å². The van der Waals surface area contributed by atoms with Crippen LogP contribution in [0.1, 0.15) is 11.1 Å². The number of fused-ring (bicyclic) bond motifs is 2. The molecule has 4 amide bonds. The van der Waals surface area contributed by atoms with Crippen LogP contribution in [0.3, 0.4) is 0 Å². The van der Waals surface area contributed by atoms with E-state index in [4.69, 9.17) is 4.74 Å². The Hall–Kier alpha value is -3.98. The van der Waals surface area contributed by atoms with E-state index >= 15 is 0 Å². The van der Waals surface area contributed by atoms with Crippen LogP contribution in [0.4, 0.5) is 4.79 Å². The van der Waals surface area contributed by atoms with Crippen molar-refractivity contribution in [1.29, 1.82) is 0 Å². The van der Waals surface area contributed by atoms with Crippen LogP contribution in [0.15, 0.2) is 72.8 Å². The minimum atomic E-state index is -1.37. The van der Waals surface area contributed by atoms with Crippen molar-refractivity contribution in [2.24, 2.45) is 11.8 Å². The highest BCUT2D eigenvalue weighted by atomic mass is 16.5. The lowest BCUT2D eigenvalue weighted by atomic mass is 9.82. The van der Waals surface area contributed by atoms with Crippen LogP contribution < -0.4 is 10.6 Å². The lowest BCUT2D eigenvalue weighted by molar-refractivity contribution is -0.146. The third kappa shape index (κ3) is 3.36. The number of nitrogens with zero attached hydrogens (tertiary/aromatic N) is 1. The number of benzene rings is 2. The summed E-state index contributed by atoms with van der Waals surface area (Å²) in [5.41, 5.74) is -0.121. The first-order valence-corrected chi connectivity index (χ1v) is 11.0. The molecule has 0 radical (unpaired) electrons. The molecule has 2 aromatic carbocycles. The van der Waals surface area contributed by atoms with Gasteiger partial charge in [-0.1, -0.05) is 72.8 Å². The zero-order valence-corrected chi connectivity index (χ0v) is 18.1. The number of carboxylic acid groups (broad SMARTS) is 1. The van der Waals surface area contributed by atoms with Crippen molar-refractivity contribution in [2.45, 2.75) is 17.7 Å². The molecule has 2 bridgehead atoms. The number of urea groups is 1. The van der Waals surface area contributed by atoms with E-state index in [0.717, 1.165) is 4.90 Å². The fourth-order valence-electron chi connectivity index (χ4n) is 5.04. The molecule has 0 spiro atoms. The Labute approximate surface area is 195 Å². The van der Waals surface area contributed by atoms with Crippen molar-refractivity contribution in [2.75, 3.05) is 13.1 Å². The molecule has 0 aromatic heterocycles. The molecule has 2 unspecified atom stereocenters. The van der Waals surface area contributed by atoms with Crippen LogP contribution in [-0.4, -0.2) is 59.1 Å². The Morgan fingerprint density at radius 1 is 0.941 bits per heavy atom. The first-order valence-electron chi connectivity index (χ1n) is 11.0. The highest BCUT2D eigenvalue weighted by Gasteiger charge is 2.54. The van der Waals surface area contributed by atoms with Gasteiger partial charge in [0.05, 0.1) is 18.1 Å². The monoisotopic (exact) mass is 461 g/mol. The summed E-state index contributed by atoms with van der Waals surface area (Å²) in [6, 6.07) is 17.4. The van der Waals surface area contributed by atoms with E-state index in [0.29, 0.717) is 11.1 Å². The van der Waals surface area contributed by atoms with E-state index in [1.54, 1.807) is 60.7 Å². The van der Waals surface area contributed by atoms with Gasteiger partial charge < -0.3 is 20.5 Å². The van der Waals surface area contributed by atoms with Gasteiger partial charge in [-0.25, -0.2) is 4.79 Å². The summed E-state index contributed by atoms with van der Waals surface area (Å²) < 4.78 is 5.54. The summed E-state index contributed by atoms with van der Waals surface area (Å²) >= 11 is 0. The predicted molar refractivity (Wildman–Crippen MR) is 119 cm³/mol. The minimum absolute atomic E-state index is 0.0123. The number of carbonyl (C=O) groups excluding carboxylic acids is 3. The summed E-state index contributed by atoms with van der Waals surface area (Å²) in [4.78, 5) is 52.0. The molecule has 3 aliphatic heterocycles. The van der Waals surface area contributed by atoms with Gasteiger partial charge in [0.25, 0.3) is 5.91 Å². The van der Waals surface area contributed by atoms with Crippen molar-refractivity contribution in [3.63, 3.8) is 0 Å². The highest BCUT2D eigenvalue weighted by Crippen LogP contribution is 2.39. The lowest BCUT2D eigenvalue weighted by Crippen LogP contribution is -2.46. The molecule has 34 heavy (non-hydrogen) atoms. The van der Waals surface area contributed by atoms with Crippen LogP contribution in [0.5, 0.6) is 0 Å². The number of amides is 4. The molecule has 0 saturated carbocycles. The van der Waals surface area contributed by atoms with Crippen LogP contribution in [0.2, 0.25) is 0 Å². The van der Waals surface area contributed by atoms with Crippen LogP contribution >= 0.6 is 0 Å². The maximum absolute atomic E-state index is 13.6. The average Bonchev–Trinajstić information content (AvgIpc) is 3.54. The second-order valence-electron chi connectivity index (χ2n) is 8.50. The van der Waals surface area contributed by atoms with Crippen molar-refractivity contribution < 1.29 is 29.0 Å². The molecule has 3 N–H and O–H groups in total. The SMILES string of the molecule is O=C(O)C1C(C(=O)NCCN2C(=O)NC(c3ccccc3)(c3ccccc3)C2=O)[C@H]2C=C[C@H]1O2. The normalized spacial score (nSPS) is 26.5. The Morgan fingerprint density at radius 2 is 1.50 bits per heavy atom. The molecule has 5 rings (SSSR count). The largest absolute Gasteiger partial charge is 0.481 e. The highest BCUT2D eigenvalue weighted by molar-refractivity contribution is 6.09. The van der Waals surface area contributed by atoms with Crippen molar-refractivity contribution in [1.82, 2.24) is 15.5 Å². The molecule has 4 atom stereocenters. The van der Waals surface area contributed by atoms with Gasteiger partial charge >= 0.3 is 12.0 Å². The predicted octanol–water partition coefficient (Wildman–Crippen LogP) is 1.25. The molecule has 2 fully saturated rings. The summed E-state index contributed by atoms with van der Waals surface area (Å²) in [6.07, 6.45) is 2.14. The van der Waals surface area contributed by atoms with Gasteiger partial charge in [0.15, 0.2) is 5.54 Å². The number of rotatable bonds is 7. The van der Waals surface area contributed by atoms with Gasteiger partial charge in [0.1, 0.15) is 5.92 Å². The number of hydrogen-bond donors (Lipinski definition) is 3. The average molecular weight is 461 g/mol. The fraction of sp³-hybridized carbons (Fsp3) is 0.280. The molecule has 2 saturated heterocycles. The number of ether oxygens (including phenoxy) is 1. The van der Waals surface area contributed by atoms with Crippen LogP contribution in [0.25, 0.3) is 0 Å². The van der Waals surface area contributed by atoms with E-state index in [-0.39, 0.29) is 13.1 Å². The van der Waals surface area contributed by atoms with Gasteiger partial charge in [-0.05, 0) is 11.1 Å². The molecule has 3 aliphatic rings. The summed E-state index contributed by atoms with van der Waals surface area (Å²) in [6.45, 7) is -0.0747. The second kappa shape index (κ2) is 8.42. The third-order valence-electron chi connectivity index (χ3n) is 6.64.